The molecule has 2 aliphatic rings. The lowest BCUT2D eigenvalue weighted by atomic mass is 9.73. The second kappa shape index (κ2) is 8.70. The van der Waals surface area contributed by atoms with Crippen molar-refractivity contribution in [2.45, 2.75) is 64.6 Å². The summed E-state index contributed by atoms with van der Waals surface area (Å²) in [6.45, 7) is 6.62. The first-order chi connectivity index (χ1) is 14.8. The average Bonchev–Trinajstić information content (AvgIpc) is 3.29. The Labute approximate surface area is 190 Å². The van der Waals surface area contributed by atoms with E-state index in [9.17, 15) is 9.59 Å². The van der Waals surface area contributed by atoms with Crippen LogP contribution in [0.1, 0.15) is 52.3 Å². The average molecular weight is 490 g/mol. The molecule has 1 aromatic carbocycles. The summed E-state index contributed by atoms with van der Waals surface area (Å²) in [4.78, 5) is 29.4. The van der Waals surface area contributed by atoms with Crippen molar-refractivity contribution < 1.29 is 14.0 Å². The van der Waals surface area contributed by atoms with Crippen LogP contribution in [0.5, 0.6) is 0 Å². The quantitative estimate of drug-likeness (QED) is 0.612. The molecule has 0 bridgehead atoms. The molecule has 1 aliphatic carbocycles. The third-order valence-corrected chi connectivity index (χ3v) is 7.16. The van der Waals surface area contributed by atoms with E-state index in [1.807, 2.05) is 43.0 Å². The number of halogens is 1. The van der Waals surface area contributed by atoms with Gasteiger partial charge in [0.1, 0.15) is 5.54 Å². The Balaban J connectivity index is 1.50. The number of imide groups is 1. The first-order valence-corrected chi connectivity index (χ1v) is 11.6. The minimum Gasteiger partial charge on any atom is -0.419 e. The molecule has 31 heavy (non-hydrogen) atoms. The maximum absolute atomic E-state index is 13.3. The fourth-order valence-corrected chi connectivity index (χ4v) is 4.89. The topological polar surface area (TPSA) is 91.6 Å². The molecule has 1 saturated heterocycles. The molecular weight excluding hydrogens is 462 g/mol. The number of hydrogen-bond acceptors (Lipinski definition) is 6. The summed E-state index contributed by atoms with van der Waals surface area (Å²) in [6, 6.07) is 7.40. The summed E-state index contributed by atoms with van der Waals surface area (Å²) in [5.74, 6) is 0.885. The molecule has 8 nitrogen and oxygen atoms in total. The van der Waals surface area contributed by atoms with Crippen molar-refractivity contribution in [3.63, 3.8) is 0 Å². The van der Waals surface area contributed by atoms with Gasteiger partial charge in [-0.15, -0.1) is 10.2 Å². The zero-order valence-electron chi connectivity index (χ0n) is 18.1. The van der Waals surface area contributed by atoms with Gasteiger partial charge in [0.05, 0.1) is 18.8 Å². The highest BCUT2D eigenvalue weighted by atomic mass is 79.9. The smallest absolute Gasteiger partial charge is 0.326 e. The maximum atomic E-state index is 13.3. The molecule has 2 aromatic rings. The highest BCUT2D eigenvalue weighted by Gasteiger charge is 2.55. The number of hydrogen-bond donors (Lipinski definition) is 1. The van der Waals surface area contributed by atoms with E-state index in [2.05, 4.69) is 38.4 Å². The Bertz CT molecular complexity index is 978. The monoisotopic (exact) mass is 489 g/mol. The van der Waals surface area contributed by atoms with Crippen molar-refractivity contribution >= 4 is 27.9 Å². The van der Waals surface area contributed by atoms with Gasteiger partial charge in [-0.1, -0.05) is 31.9 Å². The molecule has 9 heteroatoms. The Kier molecular flexibility index (Phi) is 6.16. The van der Waals surface area contributed by atoms with Gasteiger partial charge in [0.25, 0.3) is 5.91 Å². The number of nitrogens with zero attached hydrogens (tertiary/aromatic N) is 4. The third kappa shape index (κ3) is 4.13. The van der Waals surface area contributed by atoms with Gasteiger partial charge in [-0.05, 0) is 60.7 Å². The normalized spacial score (nSPS) is 23.9. The zero-order chi connectivity index (χ0) is 22.2. The number of amides is 3. The van der Waals surface area contributed by atoms with Gasteiger partial charge in [0.15, 0.2) is 0 Å². The van der Waals surface area contributed by atoms with Crippen molar-refractivity contribution in [2.75, 3.05) is 6.67 Å². The molecule has 2 fully saturated rings. The number of aromatic nitrogens is 2. The van der Waals surface area contributed by atoms with Crippen LogP contribution < -0.4 is 5.32 Å². The molecule has 1 saturated carbocycles. The lowest BCUT2D eigenvalue weighted by molar-refractivity contribution is -0.136. The third-order valence-electron chi connectivity index (χ3n) is 6.46. The van der Waals surface area contributed by atoms with E-state index in [-0.39, 0.29) is 30.6 Å². The molecule has 1 aliphatic heterocycles. The van der Waals surface area contributed by atoms with Gasteiger partial charge >= 0.3 is 6.03 Å². The summed E-state index contributed by atoms with van der Waals surface area (Å²) in [6.07, 6.45) is 3.71. The van der Waals surface area contributed by atoms with Crippen LogP contribution in [0.25, 0.3) is 11.5 Å². The Hall–Kier alpha value is -2.26. The molecule has 0 unspecified atom stereocenters. The summed E-state index contributed by atoms with van der Waals surface area (Å²) in [5.41, 5.74) is 0.0644. The fraction of sp³-hybridized carbons (Fsp3) is 0.545. The lowest BCUT2D eigenvalue weighted by Gasteiger charge is -2.37. The summed E-state index contributed by atoms with van der Waals surface area (Å²) in [7, 11) is 0. The number of benzene rings is 1. The molecule has 1 aromatic heterocycles. The van der Waals surface area contributed by atoms with Crippen molar-refractivity contribution in [1.82, 2.24) is 25.3 Å². The fourth-order valence-electron chi connectivity index (χ4n) is 4.44. The van der Waals surface area contributed by atoms with Gasteiger partial charge in [-0.25, -0.2) is 9.69 Å². The first-order valence-electron chi connectivity index (χ1n) is 10.8. The lowest BCUT2D eigenvalue weighted by Crippen LogP contribution is -2.54. The summed E-state index contributed by atoms with van der Waals surface area (Å²) < 4.78 is 6.75. The number of urea groups is 1. The molecule has 2 heterocycles. The standard InChI is InChI=1S/C22H28BrN5O3/c1-14(2)27(12-18-25-26-19(31-18)16-9-4-5-10-17(16)23)13-28-20(29)22(24-21(28)30)11-7-6-8-15(22)3/h4-5,9-10,14-15H,6-8,11-13H2,1-3H3,(H,24,30)/t15-,22-/m1/s1. The van der Waals surface area contributed by atoms with Crippen LogP contribution in [0.4, 0.5) is 4.79 Å². The molecule has 166 valence electrons. The Morgan fingerprint density at radius 3 is 2.77 bits per heavy atom. The Morgan fingerprint density at radius 1 is 1.29 bits per heavy atom. The summed E-state index contributed by atoms with van der Waals surface area (Å²) >= 11 is 3.50. The second-order valence-corrected chi connectivity index (χ2v) is 9.60. The number of carbonyl (C=O) groups is 2. The molecule has 1 N–H and O–H groups in total. The predicted molar refractivity (Wildman–Crippen MR) is 119 cm³/mol. The van der Waals surface area contributed by atoms with E-state index >= 15 is 0 Å². The van der Waals surface area contributed by atoms with Gasteiger partial charge in [0.2, 0.25) is 11.8 Å². The SMILES string of the molecule is CC(C)N(Cc1nnc(-c2ccccc2Br)o1)CN1C(=O)N[C@@]2(CCCC[C@H]2C)C1=O. The van der Waals surface area contributed by atoms with Crippen molar-refractivity contribution in [2.24, 2.45) is 5.92 Å². The van der Waals surface area contributed by atoms with Gasteiger partial charge in [-0.2, -0.15) is 0 Å². The van der Waals surface area contributed by atoms with Crippen LogP contribution in [0.2, 0.25) is 0 Å². The summed E-state index contributed by atoms with van der Waals surface area (Å²) in [5, 5.41) is 11.4. The second-order valence-electron chi connectivity index (χ2n) is 8.74. The minimum atomic E-state index is -0.755. The van der Waals surface area contributed by atoms with E-state index in [0.717, 1.165) is 29.3 Å². The van der Waals surface area contributed by atoms with Crippen molar-refractivity contribution in [3.05, 3.63) is 34.6 Å². The maximum Gasteiger partial charge on any atom is 0.326 e. The van der Waals surface area contributed by atoms with E-state index < -0.39 is 5.54 Å². The van der Waals surface area contributed by atoms with Gasteiger partial charge < -0.3 is 9.73 Å². The van der Waals surface area contributed by atoms with E-state index in [1.54, 1.807) is 0 Å². The molecule has 2 atom stereocenters. The zero-order valence-corrected chi connectivity index (χ0v) is 19.7. The minimum absolute atomic E-state index is 0.0692. The molecular formula is C22H28BrN5O3. The van der Waals surface area contributed by atoms with Crippen LogP contribution in [0, 0.1) is 5.92 Å². The highest BCUT2D eigenvalue weighted by Crippen LogP contribution is 2.38. The van der Waals surface area contributed by atoms with Crippen LogP contribution >= 0.6 is 15.9 Å². The van der Waals surface area contributed by atoms with E-state index in [4.69, 9.17) is 4.42 Å². The van der Waals surface area contributed by atoms with Crippen LogP contribution in [-0.4, -0.2) is 50.2 Å². The van der Waals surface area contributed by atoms with Crippen LogP contribution in [0.3, 0.4) is 0 Å². The van der Waals surface area contributed by atoms with Crippen molar-refractivity contribution in [3.8, 4) is 11.5 Å². The predicted octanol–water partition coefficient (Wildman–Crippen LogP) is 4.17. The van der Waals surface area contributed by atoms with Crippen LogP contribution in [0.15, 0.2) is 33.2 Å². The van der Waals surface area contributed by atoms with E-state index in [1.165, 1.54) is 4.90 Å². The van der Waals surface area contributed by atoms with Crippen LogP contribution in [-0.2, 0) is 11.3 Å². The van der Waals surface area contributed by atoms with E-state index in [0.29, 0.717) is 24.7 Å². The number of rotatable bonds is 6. The van der Waals surface area contributed by atoms with Gasteiger partial charge in [0, 0.05) is 10.5 Å². The molecule has 4 rings (SSSR count). The highest BCUT2D eigenvalue weighted by molar-refractivity contribution is 9.10. The van der Waals surface area contributed by atoms with Gasteiger partial charge in [-0.3, -0.25) is 9.69 Å². The Morgan fingerprint density at radius 2 is 2.06 bits per heavy atom. The van der Waals surface area contributed by atoms with Crippen molar-refractivity contribution in [1.29, 1.82) is 0 Å². The molecule has 1 spiro atoms. The molecule has 3 amide bonds. The molecule has 0 radical (unpaired) electrons. The first kappa shape index (κ1) is 22.0. The largest absolute Gasteiger partial charge is 0.419 e. The number of carbonyl (C=O) groups excluding carboxylic acids is 2. The number of nitrogens with one attached hydrogen (secondary N) is 1.